The van der Waals surface area contributed by atoms with Gasteiger partial charge in [0.15, 0.2) is 0 Å². The summed E-state index contributed by atoms with van der Waals surface area (Å²) in [5.74, 6) is 1.21. The minimum absolute atomic E-state index is 0.0578. The van der Waals surface area contributed by atoms with Gasteiger partial charge < -0.3 is 9.32 Å². The SMILES string of the molecule is CC(Sc1nnc(C2CCCCC2)o1)C(=O)N(C)C. The molecule has 6 heteroatoms. The molecule has 0 spiro atoms. The number of rotatable bonds is 4. The molecule has 0 aliphatic heterocycles. The summed E-state index contributed by atoms with van der Waals surface area (Å²) in [6.45, 7) is 1.86. The molecular weight excluding hydrogens is 262 g/mol. The van der Waals surface area contributed by atoms with Crippen LogP contribution in [0.5, 0.6) is 0 Å². The lowest BCUT2D eigenvalue weighted by atomic mass is 9.89. The monoisotopic (exact) mass is 283 g/mol. The Labute approximate surface area is 118 Å². The zero-order valence-electron chi connectivity index (χ0n) is 11.8. The first kappa shape index (κ1) is 14.4. The molecule has 1 amide bonds. The fourth-order valence-corrected chi connectivity index (χ4v) is 3.18. The molecule has 0 saturated heterocycles. The third kappa shape index (κ3) is 3.72. The molecule has 19 heavy (non-hydrogen) atoms. The van der Waals surface area contributed by atoms with E-state index >= 15 is 0 Å². The van der Waals surface area contributed by atoms with Crippen molar-refractivity contribution in [2.24, 2.45) is 0 Å². The van der Waals surface area contributed by atoms with Crippen molar-refractivity contribution < 1.29 is 9.21 Å². The second-order valence-electron chi connectivity index (χ2n) is 5.23. The van der Waals surface area contributed by atoms with Gasteiger partial charge in [0.2, 0.25) is 11.8 Å². The van der Waals surface area contributed by atoms with Gasteiger partial charge in [-0.15, -0.1) is 10.2 Å². The van der Waals surface area contributed by atoms with Crippen molar-refractivity contribution in [2.75, 3.05) is 14.1 Å². The van der Waals surface area contributed by atoms with E-state index in [1.807, 2.05) is 6.92 Å². The van der Waals surface area contributed by atoms with Gasteiger partial charge in [-0.2, -0.15) is 0 Å². The van der Waals surface area contributed by atoms with E-state index < -0.39 is 0 Å². The topological polar surface area (TPSA) is 59.2 Å². The Morgan fingerprint density at radius 3 is 2.63 bits per heavy atom. The van der Waals surface area contributed by atoms with Crippen molar-refractivity contribution in [1.29, 1.82) is 0 Å². The van der Waals surface area contributed by atoms with Crippen LogP contribution in [0.1, 0.15) is 50.8 Å². The van der Waals surface area contributed by atoms with Gasteiger partial charge in [0.25, 0.3) is 5.22 Å². The molecule has 1 aromatic rings. The molecule has 1 heterocycles. The Morgan fingerprint density at radius 2 is 2.00 bits per heavy atom. The molecule has 5 nitrogen and oxygen atoms in total. The predicted molar refractivity (Wildman–Crippen MR) is 74.1 cm³/mol. The lowest BCUT2D eigenvalue weighted by molar-refractivity contribution is -0.127. The maximum Gasteiger partial charge on any atom is 0.277 e. The number of carbonyl (C=O) groups is 1. The fraction of sp³-hybridized carbons (Fsp3) is 0.769. The van der Waals surface area contributed by atoms with Gasteiger partial charge in [0, 0.05) is 20.0 Å². The first-order chi connectivity index (χ1) is 9.08. The molecule has 1 atom stereocenters. The Bertz CT molecular complexity index is 427. The van der Waals surface area contributed by atoms with Gasteiger partial charge in [-0.3, -0.25) is 4.79 Å². The van der Waals surface area contributed by atoms with Crippen LogP contribution in [-0.2, 0) is 4.79 Å². The van der Waals surface area contributed by atoms with Crippen molar-refractivity contribution in [3.05, 3.63) is 5.89 Å². The number of amides is 1. The molecule has 1 aromatic heterocycles. The largest absolute Gasteiger partial charge is 0.416 e. The number of hydrogen-bond acceptors (Lipinski definition) is 5. The highest BCUT2D eigenvalue weighted by molar-refractivity contribution is 8.00. The van der Waals surface area contributed by atoms with Crippen molar-refractivity contribution in [2.45, 2.75) is 55.4 Å². The normalized spacial score (nSPS) is 18.3. The van der Waals surface area contributed by atoms with E-state index in [0.717, 1.165) is 18.7 Å². The highest BCUT2D eigenvalue weighted by atomic mass is 32.2. The molecule has 2 rings (SSSR count). The van der Waals surface area contributed by atoms with E-state index in [2.05, 4.69) is 10.2 Å². The zero-order valence-corrected chi connectivity index (χ0v) is 12.6. The van der Waals surface area contributed by atoms with Gasteiger partial charge in [0.05, 0.1) is 5.25 Å². The second-order valence-corrected chi connectivity index (χ2v) is 6.53. The predicted octanol–water partition coefficient (Wildman–Crippen LogP) is 2.69. The Hall–Kier alpha value is -1.04. The van der Waals surface area contributed by atoms with Crippen molar-refractivity contribution in [3.8, 4) is 0 Å². The molecule has 1 aliphatic rings. The lowest BCUT2D eigenvalue weighted by Crippen LogP contribution is -2.29. The highest BCUT2D eigenvalue weighted by Crippen LogP contribution is 2.33. The average molecular weight is 283 g/mol. The summed E-state index contributed by atoms with van der Waals surface area (Å²) in [5.41, 5.74) is 0. The van der Waals surface area contributed by atoms with Gasteiger partial charge in [0.1, 0.15) is 0 Å². The summed E-state index contributed by atoms with van der Waals surface area (Å²) < 4.78 is 5.69. The van der Waals surface area contributed by atoms with Crippen LogP contribution in [-0.4, -0.2) is 40.3 Å². The summed E-state index contributed by atoms with van der Waals surface area (Å²) in [4.78, 5) is 13.4. The number of nitrogens with zero attached hydrogens (tertiary/aromatic N) is 3. The van der Waals surface area contributed by atoms with Crippen LogP contribution in [0.3, 0.4) is 0 Å². The molecule has 1 aliphatic carbocycles. The maximum atomic E-state index is 11.8. The minimum atomic E-state index is -0.199. The van der Waals surface area contributed by atoms with E-state index in [1.54, 1.807) is 19.0 Å². The molecule has 1 fully saturated rings. The average Bonchev–Trinajstić information content (AvgIpc) is 2.87. The summed E-state index contributed by atoms with van der Waals surface area (Å²) in [6.07, 6.45) is 6.06. The summed E-state index contributed by atoms with van der Waals surface area (Å²) in [7, 11) is 3.50. The van der Waals surface area contributed by atoms with E-state index in [4.69, 9.17) is 4.42 Å². The molecule has 0 bridgehead atoms. The lowest BCUT2D eigenvalue weighted by Gasteiger charge is -2.17. The van der Waals surface area contributed by atoms with Gasteiger partial charge in [-0.05, 0) is 19.8 Å². The standard InChI is InChI=1S/C13H21N3O2S/c1-9(12(17)16(2)3)19-13-15-14-11(18-13)10-7-5-4-6-8-10/h9-10H,4-8H2,1-3H3. The fourth-order valence-electron chi connectivity index (χ4n) is 2.35. The third-order valence-electron chi connectivity index (χ3n) is 3.44. The molecule has 106 valence electrons. The molecule has 0 aromatic carbocycles. The number of aromatic nitrogens is 2. The van der Waals surface area contributed by atoms with Gasteiger partial charge >= 0.3 is 0 Å². The summed E-state index contributed by atoms with van der Waals surface area (Å²) >= 11 is 1.33. The molecule has 1 unspecified atom stereocenters. The Kier molecular flexibility index (Phi) is 4.85. The van der Waals surface area contributed by atoms with Crippen LogP contribution < -0.4 is 0 Å². The van der Waals surface area contributed by atoms with Crippen LogP contribution in [0.2, 0.25) is 0 Å². The van der Waals surface area contributed by atoms with Gasteiger partial charge in [-0.25, -0.2) is 0 Å². The molecule has 0 radical (unpaired) electrons. The maximum absolute atomic E-state index is 11.8. The van der Waals surface area contributed by atoms with E-state index in [1.165, 1.54) is 31.0 Å². The van der Waals surface area contributed by atoms with E-state index in [-0.39, 0.29) is 11.2 Å². The van der Waals surface area contributed by atoms with Crippen LogP contribution in [0.4, 0.5) is 0 Å². The van der Waals surface area contributed by atoms with E-state index in [9.17, 15) is 4.79 Å². The quantitative estimate of drug-likeness (QED) is 0.795. The van der Waals surface area contributed by atoms with Crippen LogP contribution >= 0.6 is 11.8 Å². The Balaban J connectivity index is 1.95. The summed E-state index contributed by atoms with van der Waals surface area (Å²) in [5, 5.41) is 8.49. The van der Waals surface area contributed by atoms with Crippen LogP contribution in [0, 0.1) is 0 Å². The van der Waals surface area contributed by atoms with Crippen molar-refractivity contribution >= 4 is 17.7 Å². The number of thioether (sulfide) groups is 1. The number of carbonyl (C=O) groups excluding carboxylic acids is 1. The minimum Gasteiger partial charge on any atom is -0.416 e. The molecule has 0 N–H and O–H groups in total. The second kappa shape index (κ2) is 6.41. The van der Waals surface area contributed by atoms with E-state index in [0.29, 0.717) is 11.1 Å². The summed E-state index contributed by atoms with van der Waals surface area (Å²) in [6, 6.07) is 0. The highest BCUT2D eigenvalue weighted by Gasteiger charge is 2.23. The molecule has 1 saturated carbocycles. The first-order valence-corrected chi connectivity index (χ1v) is 7.67. The zero-order chi connectivity index (χ0) is 13.8. The number of hydrogen-bond donors (Lipinski definition) is 0. The van der Waals surface area contributed by atoms with Gasteiger partial charge in [-0.1, -0.05) is 31.0 Å². The van der Waals surface area contributed by atoms with Crippen LogP contribution in [0.15, 0.2) is 9.64 Å². The third-order valence-corrected chi connectivity index (χ3v) is 4.36. The Morgan fingerprint density at radius 1 is 1.32 bits per heavy atom. The van der Waals surface area contributed by atoms with Crippen molar-refractivity contribution in [1.82, 2.24) is 15.1 Å². The molecular formula is C13H21N3O2S. The van der Waals surface area contributed by atoms with Crippen LogP contribution in [0.25, 0.3) is 0 Å². The first-order valence-electron chi connectivity index (χ1n) is 6.79. The smallest absolute Gasteiger partial charge is 0.277 e. The van der Waals surface area contributed by atoms with Crippen molar-refractivity contribution in [3.63, 3.8) is 0 Å².